The van der Waals surface area contributed by atoms with E-state index in [9.17, 15) is 18.4 Å². The zero-order chi connectivity index (χ0) is 28.9. The Balaban J connectivity index is 1.54. The third kappa shape index (κ3) is 6.22. The van der Waals surface area contributed by atoms with Gasteiger partial charge in [0.25, 0.3) is 5.91 Å². The van der Waals surface area contributed by atoms with Gasteiger partial charge in [0, 0.05) is 37.6 Å². The van der Waals surface area contributed by atoms with Crippen LogP contribution < -0.4 is 10.2 Å². The summed E-state index contributed by atoms with van der Waals surface area (Å²) in [6.07, 6.45) is 0. The van der Waals surface area contributed by atoms with Crippen molar-refractivity contribution < 1.29 is 18.4 Å². The first-order chi connectivity index (χ1) is 19.8. The maximum Gasteiger partial charge on any atom is 0.251 e. The lowest BCUT2D eigenvalue weighted by Gasteiger charge is -2.32. The number of halogens is 2. The van der Waals surface area contributed by atoms with E-state index in [4.69, 9.17) is 0 Å². The predicted molar refractivity (Wildman–Crippen MR) is 153 cm³/mol. The zero-order valence-electron chi connectivity index (χ0n) is 22.5. The van der Waals surface area contributed by atoms with E-state index in [0.29, 0.717) is 22.3 Å². The van der Waals surface area contributed by atoms with Crippen LogP contribution >= 0.6 is 0 Å². The number of hydrogen-bond donors (Lipinski definition) is 1. The van der Waals surface area contributed by atoms with Crippen molar-refractivity contribution >= 4 is 34.2 Å². The predicted octanol–water partition coefficient (Wildman–Crippen LogP) is 5.18. The van der Waals surface area contributed by atoms with Gasteiger partial charge in [0.15, 0.2) is 0 Å². The van der Waals surface area contributed by atoms with Crippen LogP contribution in [0.25, 0.3) is 11.0 Å². The molecule has 5 aromatic rings. The summed E-state index contributed by atoms with van der Waals surface area (Å²) in [5.74, 6) is -2.05. The molecule has 0 saturated carbocycles. The number of nitrogens with one attached hydrogen (secondary N) is 1. The van der Waals surface area contributed by atoms with E-state index in [0.717, 1.165) is 5.69 Å². The van der Waals surface area contributed by atoms with Crippen molar-refractivity contribution in [2.24, 2.45) is 0 Å². The van der Waals surface area contributed by atoms with E-state index in [1.54, 1.807) is 48.5 Å². The minimum Gasteiger partial charge on any atom is -0.378 e. The van der Waals surface area contributed by atoms with Crippen LogP contribution in [0.1, 0.15) is 17.2 Å². The van der Waals surface area contributed by atoms with E-state index in [2.05, 4.69) is 15.6 Å². The molecule has 2 amide bonds. The molecule has 0 fully saturated rings. The molecule has 0 saturated heterocycles. The number of aromatic nitrogens is 3. The smallest absolute Gasteiger partial charge is 0.251 e. The molecule has 0 aliphatic carbocycles. The molecule has 208 valence electrons. The number of amides is 2. The number of rotatable bonds is 9. The second kappa shape index (κ2) is 12.0. The molecule has 0 bridgehead atoms. The Bertz CT molecular complexity index is 1670. The summed E-state index contributed by atoms with van der Waals surface area (Å²) in [4.78, 5) is 31.1. The lowest BCUT2D eigenvalue weighted by molar-refractivity contribution is -0.140. The van der Waals surface area contributed by atoms with E-state index >= 15 is 0 Å². The lowest BCUT2D eigenvalue weighted by Crippen LogP contribution is -2.42. The number of carbonyl (C=O) groups is 2. The number of fused-ring (bicyclic) bond motifs is 1. The highest BCUT2D eigenvalue weighted by Crippen LogP contribution is 2.28. The van der Waals surface area contributed by atoms with Crippen molar-refractivity contribution in [1.82, 2.24) is 19.9 Å². The Morgan fingerprint density at radius 2 is 1.56 bits per heavy atom. The zero-order valence-corrected chi connectivity index (χ0v) is 22.5. The summed E-state index contributed by atoms with van der Waals surface area (Å²) in [6, 6.07) is 24.5. The van der Waals surface area contributed by atoms with Gasteiger partial charge in [0.2, 0.25) is 5.91 Å². The lowest BCUT2D eigenvalue weighted by atomic mass is 10.0. The largest absolute Gasteiger partial charge is 0.378 e. The molecule has 1 N–H and O–H groups in total. The molecular weight excluding hydrogens is 526 g/mol. The molecule has 4 aromatic carbocycles. The Labute approximate surface area is 235 Å². The van der Waals surface area contributed by atoms with Gasteiger partial charge in [0.1, 0.15) is 29.7 Å². The minimum atomic E-state index is -1.22. The fourth-order valence-electron chi connectivity index (χ4n) is 4.56. The molecule has 10 heteroatoms. The molecule has 1 atom stereocenters. The fourth-order valence-corrected chi connectivity index (χ4v) is 4.56. The summed E-state index contributed by atoms with van der Waals surface area (Å²) in [7, 11) is 3.81. The summed E-state index contributed by atoms with van der Waals surface area (Å²) < 4.78 is 30.2. The summed E-state index contributed by atoms with van der Waals surface area (Å²) in [5, 5.41) is 11.1. The first-order valence-corrected chi connectivity index (χ1v) is 12.9. The van der Waals surface area contributed by atoms with Gasteiger partial charge in [-0.05, 0) is 60.2 Å². The molecule has 0 spiro atoms. The highest BCUT2D eigenvalue weighted by atomic mass is 19.1. The van der Waals surface area contributed by atoms with Gasteiger partial charge < -0.3 is 15.1 Å². The molecule has 8 nitrogen and oxygen atoms in total. The molecule has 1 heterocycles. The van der Waals surface area contributed by atoms with Gasteiger partial charge in [-0.25, -0.2) is 13.5 Å². The average molecular weight is 555 g/mol. The van der Waals surface area contributed by atoms with Crippen LogP contribution in [0, 0.1) is 11.6 Å². The van der Waals surface area contributed by atoms with Crippen LogP contribution in [0.15, 0.2) is 97.1 Å². The quantitative estimate of drug-likeness (QED) is 0.271. The second-order valence-corrected chi connectivity index (χ2v) is 9.73. The van der Waals surface area contributed by atoms with Gasteiger partial charge in [-0.3, -0.25) is 9.59 Å². The van der Waals surface area contributed by atoms with E-state index in [1.165, 1.54) is 39.9 Å². The van der Waals surface area contributed by atoms with Crippen LogP contribution in [0.3, 0.4) is 0 Å². The Hall–Kier alpha value is -5.12. The number of para-hydroxylation sites is 1. The van der Waals surface area contributed by atoms with Gasteiger partial charge in [-0.1, -0.05) is 47.7 Å². The third-order valence-corrected chi connectivity index (χ3v) is 6.72. The summed E-state index contributed by atoms with van der Waals surface area (Å²) in [6.45, 7) is -0.468. The summed E-state index contributed by atoms with van der Waals surface area (Å²) in [5.41, 5.74) is 3.27. The third-order valence-electron chi connectivity index (χ3n) is 6.72. The Morgan fingerprint density at radius 3 is 2.27 bits per heavy atom. The average Bonchev–Trinajstić information content (AvgIpc) is 3.37. The van der Waals surface area contributed by atoms with Crippen molar-refractivity contribution in [3.8, 4) is 0 Å². The first-order valence-electron chi connectivity index (χ1n) is 12.9. The van der Waals surface area contributed by atoms with Crippen LogP contribution in [0.2, 0.25) is 0 Å². The number of carbonyl (C=O) groups excluding carboxylic acids is 2. The van der Waals surface area contributed by atoms with Crippen LogP contribution in [0.4, 0.5) is 20.2 Å². The molecule has 0 aliphatic rings. The SMILES string of the molecule is CN(C)c1ccc(NC(=O)C(c2ccc(F)cc2)N(Cc2ccccc2F)C(=O)Cn2nnc3ccccc32)cc1. The van der Waals surface area contributed by atoms with Gasteiger partial charge in [-0.15, -0.1) is 5.10 Å². The van der Waals surface area contributed by atoms with E-state index in [1.807, 2.05) is 37.2 Å². The van der Waals surface area contributed by atoms with Crippen LogP contribution in [0.5, 0.6) is 0 Å². The monoisotopic (exact) mass is 554 g/mol. The highest BCUT2D eigenvalue weighted by molar-refractivity contribution is 5.98. The molecule has 1 unspecified atom stereocenters. The molecule has 1 aromatic heterocycles. The van der Waals surface area contributed by atoms with E-state index < -0.39 is 29.5 Å². The fraction of sp³-hybridized carbons (Fsp3) is 0.161. The molecular formula is C31H28F2N6O2. The molecule has 0 radical (unpaired) electrons. The maximum atomic E-state index is 14.8. The van der Waals surface area contributed by atoms with Crippen molar-refractivity contribution in [2.45, 2.75) is 19.1 Å². The van der Waals surface area contributed by atoms with Gasteiger partial charge >= 0.3 is 0 Å². The van der Waals surface area contributed by atoms with Crippen molar-refractivity contribution in [2.75, 3.05) is 24.3 Å². The van der Waals surface area contributed by atoms with Crippen molar-refractivity contribution in [3.63, 3.8) is 0 Å². The number of anilines is 2. The van der Waals surface area contributed by atoms with Crippen molar-refractivity contribution in [1.29, 1.82) is 0 Å². The molecule has 41 heavy (non-hydrogen) atoms. The van der Waals surface area contributed by atoms with E-state index in [-0.39, 0.29) is 18.7 Å². The van der Waals surface area contributed by atoms with Crippen LogP contribution in [-0.2, 0) is 22.7 Å². The molecule has 0 aliphatic heterocycles. The number of hydrogen-bond acceptors (Lipinski definition) is 5. The van der Waals surface area contributed by atoms with Gasteiger partial charge in [0.05, 0.1) is 5.52 Å². The first kappa shape index (κ1) is 27.4. The Kier molecular flexibility index (Phi) is 8.00. The van der Waals surface area contributed by atoms with Gasteiger partial charge in [-0.2, -0.15) is 0 Å². The standard InChI is InChI=1S/C31H28F2N6O2/c1-37(2)25-17-15-24(16-18-25)34-31(41)30(21-11-13-23(32)14-12-21)38(19-22-7-3-4-8-26(22)33)29(40)20-39-28-10-6-5-9-27(28)35-36-39/h3-18,30H,19-20H2,1-2H3,(H,34,41). The number of nitrogens with zero attached hydrogens (tertiary/aromatic N) is 5. The topological polar surface area (TPSA) is 83.4 Å². The van der Waals surface area contributed by atoms with Crippen LogP contribution in [-0.4, -0.2) is 45.8 Å². The molecule has 5 rings (SSSR count). The highest BCUT2D eigenvalue weighted by Gasteiger charge is 2.33. The Morgan fingerprint density at radius 1 is 0.878 bits per heavy atom. The maximum absolute atomic E-state index is 14.8. The summed E-state index contributed by atoms with van der Waals surface area (Å²) >= 11 is 0. The number of benzene rings is 4. The minimum absolute atomic E-state index is 0.215. The normalized spacial score (nSPS) is 11.7. The van der Waals surface area contributed by atoms with Crippen molar-refractivity contribution in [3.05, 3.63) is 120 Å². The second-order valence-electron chi connectivity index (χ2n) is 9.73.